The van der Waals surface area contributed by atoms with Gasteiger partial charge in [-0.1, -0.05) is 36.0 Å². The van der Waals surface area contributed by atoms with Gasteiger partial charge in [0.15, 0.2) is 0 Å². The second-order valence-corrected chi connectivity index (χ2v) is 6.46. The second kappa shape index (κ2) is 9.19. The quantitative estimate of drug-likeness (QED) is 0.271. The highest BCUT2D eigenvalue weighted by atomic mass is 32.2. The number of aliphatic imine (C=N–C) groups is 2. The molecule has 0 fully saturated rings. The van der Waals surface area contributed by atoms with Gasteiger partial charge in [0.05, 0.1) is 22.0 Å². The van der Waals surface area contributed by atoms with Crippen molar-refractivity contribution in [2.75, 3.05) is 6.54 Å². The molecule has 0 unspecified atom stereocenters. The predicted octanol–water partition coefficient (Wildman–Crippen LogP) is 4.33. The van der Waals surface area contributed by atoms with Crippen molar-refractivity contribution in [3.63, 3.8) is 0 Å². The lowest BCUT2D eigenvalue weighted by Gasteiger charge is -2.08. The fourth-order valence-corrected chi connectivity index (χ4v) is 2.63. The van der Waals surface area contributed by atoms with Gasteiger partial charge in [-0.2, -0.15) is 0 Å². The van der Waals surface area contributed by atoms with Crippen LogP contribution in [0.4, 0.5) is 0 Å². The molecule has 1 aromatic heterocycles. The lowest BCUT2D eigenvalue weighted by atomic mass is 10.2. The SMILES string of the molecule is C#C/C(C(=NCC=C)SC(C)=S)=C(/C)N=C(C)n1cccc1. The van der Waals surface area contributed by atoms with Crippen LogP contribution in [0.1, 0.15) is 20.8 Å². The molecule has 1 heterocycles. The predicted molar refractivity (Wildman–Crippen MR) is 103 cm³/mol. The van der Waals surface area contributed by atoms with Gasteiger partial charge < -0.3 is 4.57 Å². The van der Waals surface area contributed by atoms with Crippen molar-refractivity contribution in [3.05, 3.63) is 48.5 Å². The van der Waals surface area contributed by atoms with Gasteiger partial charge >= 0.3 is 0 Å². The van der Waals surface area contributed by atoms with Crippen LogP contribution < -0.4 is 0 Å². The summed E-state index contributed by atoms with van der Waals surface area (Å²) in [6.07, 6.45) is 11.3. The molecular formula is C17H19N3S2. The molecule has 3 nitrogen and oxygen atoms in total. The molecule has 114 valence electrons. The second-order valence-electron chi connectivity index (χ2n) is 4.38. The number of aromatic nitrogens is 1. The fraction of sp³-hybridized carbons (Fsp3) is 0.235. The molecule has 0 radical (unpaired) electrons. The Bertz CT molecular complexity index is 671. The first kappa shape index (κ1) is 18.1. The molecule has 0 saturated heterocycles. The Morgan fingerprint density at radius 3 is 2.50 bits per heavy atom. The van der Waals surface area contributed by atoms with Crippen molar-refractivity contribution in [1.82, 2.24) is 4.57 Å². The summed E-state index contributed by atoms with van der Waals surface area (Å²) in [6, 6.07) is 3.89. The van der Waals surface area contributed by atoms with Crippen molar-refractivity contribution in [2.24, 2.45) is 9.98 Å². The van der Waals surface area contributed by atoms with Gasteiger partial charge in [-0.25, -0.2) is 4.99 Å². The number of allylic oxidation sites excluding steroid dienone is 1. The van der Waals surface area contributed by atoms with Crippen LogP contribution in [0.5, 0.6) is 0 Å². The van der Waals surface area contributed by atoms with Gasteiger partial charge in [-0.05, 0) is 32.9 Å². The first-order chi connectivity index (χ1) is 10.5. The van der Waals surface area contributed by atoms with Gasteiger partial charge in [-0.3, -0.25) is 4.99 Å². The molecule has 0 atom stereocenters. The number of thiocarbonyl (C=S) groups is 1. The van der Waals surface area contributed by atoms with Gasteiger partial charge in [0.1, 0.15) is 10.9 Å². The Morgan fingerprint density at radius 1 is 1.36 bits per heavy atom. The van der Waals surface area contributed by atoms with Crippen LogP contribution >= 0.6 is 24.0 Å². The Morgan fingerprint density at radius 2 is 2.00 bits per heavy atom. The molecule has 0 aromatic carbocycles. The Kier molecular flexibility index (Phi) is 7.58. The number of hydrogen-bond acceptors (Lipinski definition) is 4. The third-order valence-corrected chi connectivity index (χ3v) is 3.70. The van der Waals surface area contributed by atoms with Crippen LogP contribution in [0, 0.1) is 12.3 Å². The number of nitrogens with zero attached hydrogens (tertiary/aromatic N) is 3. The maximum absolute atomic E-state index is 5.67. The molecule has 0 bridgehead atoms. The molecule has 0 aliphatic rings. The average molecular weight is 329 g/mol. The molecule has 1 aromatic rings. The van der Waals surface area contributed by atoms with E-state index < -0.39 is 0 Å². The molecule has 0 spiro atoms. The van der Waals surface area contributed by atoms with E-state index in [1.54, 1.807) is 6.08 Å². The minimum atomic E-state index is 0.490. The maximum Gasteiger partial charge on any atom is 0.114 e. The minimum Gasteiger partial charge on any atom is -0.312 e. The van der Waals surface area contributed by atoms with Crippen LogP contribution in [0.2, 0.25) is 0 Å². The largest absolute Gasteiger partial charge is 0.312 e. The van der Waals surface area contributed by atoms with Gasteiger partial charge in [0.25, 0.3) is 0 Å². The van der Waals surface area contributed by atoms with Gasteiger partial charge in [0.2, 0.25) is 0 Å². The Labute approximate surface area is 141 Å². The highest BCUT2D eigenvalue weighted by Crippen LogP contribution is 2.19. The lowest BCUT2D eigenvalue weighted by Crippen LogP contribution is -2.07. The highest BCUT2D eigenvalue weighted by Gasteiger charge is 2.11. The Balaban J connectivity index is 3.23. The third-order valence-electron chi connectivity index (χ3n) is 2.63. The van der Waals surface area contributed by atoms with Crippen molar-refractivity contribution < 1.29 is 0 Å². The summed E-state index contributed by atoms with van der Waals surface area (Å²) in [7, 11) is 0. The molecule has 0 saturated carbocycles. The monoisotopic (exact) mass is 329 g/mol. The van der Waals surface area contributed by atoms with Crippen molar-refractivity contribution in [2.45, 2.75) is 20.8 Å². The molecule has 0 amide bonds. The maximum atomic E-state index is 5.67. The average Bonchev–Trinajstić information content (AvgIpc) is 2.98. The van der Waals surface area contributed by atoms with E-state index >= 15 is 0 Å². The molecule has 0 aliphatic carbocycles. The topological polar surface area (TPSA) is 29.6 Å². The number of hydrogen-bond donors (Lipinski definition) is 0. The number of thioether (sulfide) groups is 1. The summed E-state index contributed by atoms with van der Waals surface area (Å²) in [5.74, 6) is 3.52. The van der Waals surface area contributed by atoms with E-state index in [0.29, 0.717) is 17.2 Å². The van der Waals surface area contributed by atoms with E-state index in [1.807, 2.05) is 49.9 Å². The van der Waals surface area contributed by atoms with Crippen LogP contribution in [-0.4, -0.2) is 26.2 Å². The van der Waals surface area contributed by atoms with Crippen LogP contribution in [0.3, 0.4) is 0 Å². The summed E-state index contributed by atoms with van der Waals surface area (Å²) in [4.78, 5) is 9.02. The summed E-state index contributed by atoms with van der Waals surface area (Å²) in [6.45, 7) is 9.82. The van der Waals surface area contributed by atoms with E-state index in [2.05, 4.69) is 22.5 Å². The summed E-state index contributed by atoms with van der Waals surface area (Å²) >= 11 is 6.54. The van der Waals surface area contributed by atoms with Gasteiger partial charge in [-0.15, -0.1) is 13.0 Å². The summed E-state index contributed by atoms with van der Waals surface area (Å²) in [5.41, 5.74) is 1.39. The molecule has 5 heteroatoms. The van der Waals surface area contributed by atoms with Gasteiger partial charge in [0, 0.05) is 12.4 Å². The third kappa shape index (κ3) is 5.47. The summed E-state index contributed by atoms with van der Waals surface area (Å²) in [5, 5.41) is 0.705. The molecular weight excluding hydrogens is 310 g/mol. The van der Waals surface area contributed by atoms with E-state index in [0.717, 1.165) is 15.7 Å². The standard InChI is InChI=1S/C17H19N3S2/c1-6-10-18-17(22-15(5)21)16(7-2)13(3)19-14(4)20-11-8-9-12-20/h2,6,8-9,11-12H,1,10H2,3-5H3/b16-13+,18-17?,19-14?. The Hall–Kier alpha value is -1.90. The van der Waals surface area contributed by atoms with Crippen LogP contribution in [0.25, 0.3) is 0 Å². The van der Waals surface area contributed by atoms with Crippen molar-refractivity contribution in [1.29, 1.82) is 0 Å². The lowest BCUT2D eigenvalue weighted by molar-refractivity contribution is 1.11. The zero-order valence-electron chi connectivity index (χ0n) is 13.0. The number of rotatable bonds is 4. The number of terminal acetylenes is 1. The normalized spacial score (nSPS) is 13.4. The van der Waals surface area contributed by atoms with E-state index in [4.69, 9.17) is 18.6 Å². The van der Waals surface area contributed by atoms with Crippen molar-refractivity contribution in [3.8, 4) is 12.3 Å². The van der Waals surface area contributed by atoms with Crippen LogP contribution in [0.15, 0.2) is 58.4 Å². The van der Waals surface area contributed by atoms with E-state index in [9.17, 15) is 0 Å². The highest BCUT2D eigenvalue weighted by molar-refractivity contribution is 8.33. The van der Waals surface area contributed by atoms with Crippen molar-refractivity contribution >= 4 is 39.1 Å². The molecule has 22 heavy (non-hydrogen) atoms. The molecule has 0 aliphatic heterocycles. The van der Waals surface area contributed by atoms with E-state index in [1.165, 1.54) is 11.8 Å². The zero-order chi connectivity index (χ0) is 16.5. The molecule has 1 rings (SSSR count). The smallest absolute Gasteiger partial charge is 0.114 e. The van der Waals surface area contributed by atoms with E-state index in [-0.39, 0.29) is 0 Å². The molecule has 0 N–H and O–H groups in total. The van der Waals surface area contributed by atoms with Crippen LogP contribution in [-0.2, 0) is 0 Å². The first-order valence-electron chi connectivity index (χ1n) is 6.69. The first-order valence-corrected chi connectivity index (χ1v) is 7.92. The fourth-order valence-electron chi connectivity index (χ4n) is 1.67. The summed E-state index contributed by atoms with van der Waals surface area (Å²) < 4.78 is 2.69. The minimum absolute atomic E-state index is 0.490. The zero-order valence-corrected chi connectivity index (χ0v) is 14.7.